The molecule has 0 aliphatic rings. The Kier molecular flexibility index (Phi) is 3.76. The van der Waals surface area contributed by atoms with Crippen LogP contribution < -0.4 is 10.2 Å². The van der Waals surface area contributed by atoms with Gasteiger partial charge in [-0.2, -0.15) is 5.10 Å². The van der Waals surface area contributed by atoms with Gasteiger partial charge in [-0.25, -0.2) is 0 Å². The Balaban J connectivity index is 2.10. The van der Waals surface area contributed by atoms with E-state index in [1.165, 1.54) is 13.3 Å². The van der Waals surface area contributed by atoms with Gasteiger partial charge in [0.15, 0.2) is 11.5 Å². The van der Waals surface area contributed by atoms with Crippen molar-refractivity contribution in [1.29, 1.82) is 0 Å². The van der Waals surface area contributed by atoms with Crippen LogP contribution in [0.1, 0.15) is 5.56 Å². The van der Waals surface area contributed by atoms with E-state index in [1.54, 1.807) is 42.7 Å². The molecule has 0 amide bonds. The Hall–Kier alpha value is -2.56. The number of pyridine rings is 1. The normalized spacial score (nSPS) is 10.5. The molecule has 0 radical (unpaired) electrons. The summed E-state index contributed by atoms with van der Waals surface area (Å²) in [6.07, 6.45) is 4.86. The van der Waals surface area contributed by atoms with E-state index in [-0.39, 0.29) is 5.75 Å². The van der Waals surface area contributed by atoms with Crippen molar-refractivity contribution < 1.29 is 9.84 Å². The average Bonchev–Trinajstić information content (AvgIpc) is 2.42. The van der Waals surface area contributed by atoms with Gasteiger partial charge in [0, 0.05) is 18.0 Å². The molecule has 5 nitrogen and oxygen atoms in total. The fourth-order valence-corrected chi connectivity index (χ4v) is 1.41. The second-order valence-electron chi connectivity index (χ2n) is 3.50. The molecule has 0 aliphatic carbocycles. The van der Waals surface area contributed by atoms with Gasteiger partial charge < -0.3 is 9.84 Å². The predicted octanol–water partition coefficient (Wildman–Crippen LogP) is 2.24. The van der Waals surface area contributed by atoms with E-state index in [2.05, 4.69) is 15.5 Å². The first kappa shape index (κ1) is 11.9. The highest BCUT2D eigenvalue weighted by Gasteiger charge is 2.04. The number of para-hydroxylation sites is 1. The summed E-state index contributed by atoms with van der Waals surface area (Å²) in [5.41, 5.74) is 4.24. The standard InChI is InChI=1S/C13H13N3O2/c1-18-12-4-2-3-10(13(12)17)9-15-16-11-5-7-14-8-6-11/h2-9,17H,1H3,(H,14,16)/b15-9-. The maximum absolute atomic E-state index is 9.83. The summed E-state index contributed by atoms with van der Waals surface area (Å²) in [4.78, 5) is 3.90. The molecule has 2 N–H and O–H groups in total. The van der Waals surface area contributed by atoms with E-state index in [0.29, 0.717) is 11.3 Å². The fourth-order valence-electron chi connectivity index (χ4n) is 1.41. The molecule has 2 aromatic rings. The van der Waals surface area contributed by atoms with Gasteiger partial charge in [0.1, 0.15) is 0 Å². The van der Waals surface area contributed by atoms with Crippen LogP contribution in [0.15, 0.2) is 47.8 Å². The minimum Gasteiger partial charge on any atom is -0.504 e. The number of benzene rings is 1. The summed E-state index contributed by atoms with van der Waals surface area (Å²) in [5.74, 6) is 0.489. The summed E-state index contributed by atoms with van der Waals surface area (Å²) < 4.78 is 5.01. The van der Waals surface area contributed by atoms with Gasteiger partial charge in [-0.15, -0.1) is 0 Å². The fraction of sp³-hybridized carbons (Fsp3) is 0.0769. The van der Waals surface area contributed by atoms with Crippen LogP contribution in [0.5, 0.6) is 11.5 Å². The van der Waals surface area contributed by atoms with Crippen molar-refractivity contribution in [2.75, 3.05) is 12.5 Å². The van der Waals surface area contributed by atoms with Crippen LogP contribution in [0, 0.1) is 0 Å². The Morgan fingerprint density at radius 2 is 2.06 bits per heavy atom. The van der Waals surface area contributed by atoms with Crippen LogP contribution in [0.4, 0.5) is 5.69 Å². The number of aromatic nitrogens is 1. The van der Waals surface area contributed by atoms with Crippen molar-refractivity contribution in [3.05, 3.63) is 48.3 Å². The molecule has 1 heterocycles. The van der Waals surface area contributed by atoms with Crippen molar-refractivity contribution in [2.45, 2.75) is 0 Å². The molecule has 0 saturated carbocycles. The Morgan fingerprint density at radius 1 is 1.28 bits per heavy atom. The van der Waals surface area contributed by atoms with Gasteiger partial charge in [-0.3, -0.25) is 10.4 Å². The number of nitrogens with one attached hydrogen (secondary N) is 1. The van der Waals surface area contributed by atoms with Crippen LogP contribution >= 0.6 is 0 Å². The van der Waals surface area contributed by atoms with Gasteiger partial charge in [-0.1, -0.05) is 6.07 Å². The SMILES string of the molecule is COc1cccc(/C=N\Nc2ccncc2)c1O. The molecule has 5 heteroatoms. The molecule has 0 unspecified atom stereocenters. The second kappa shape index (κ2) is 5.67. The lowest BCUT2D eigenvalue weighted by atomic mass is 10.2. The topological polar surface area (TPSA) is 66.7 Å². The average molecular weight is 243 g/mol. The molecule has 1 aromatic carbocycles. The zero-order valence-electron chi connectivity index (χ0n) is 9.87. The zero-order chi connectivity index (χ0) is 12.8. The maximum Gasteiger partial charge on any atom is 0.166 e. The maximum atomic E-state index is 9.83. The lowest BCUT2D eigenvalue weighted by Gasteiger charge is -2.05. The predicted molar refractivity (Wildman–Crippen MR) is 70.1 cm³/mol. The largest absolute Gasteiger partial charge is 0.504 e. The number of hydrogen-bond acceptors (Lipinski definition) is 5. The number of anilines is 1. The van der Waals surface area contributed by atoms with E-state index in [9.17, 15) is 5.11 Å². The smallest absolute Gasteiger partial charge is 0.166 e. The third kappa shape index (κ3) is 2.76. The first-order chi connectivity index (χ1) is 8.81. The molecule has 0 spiro atoms. The molecule has 92 valence electrons. The van der Waals surface area contributed by atoms with Crippen LogP contribution in [0.2, 0.25) is 0 Å². The minimum atomic E-state index is 0.0697. The third-order valence-corrected chi connectivity index (χ3v) is 2.33. The molecule has 0 aliphatic heterocycles. The number of hydrogen-bond donors (Lipinski definition) is 2. The van der Waals surface area contributed by atoms with Crippen molar-refractivity contribution >= 4 is 11.9 Å². The van der Waals surface area contributed by atoms with Crippen molar-refractivity contribution in [3.8, 4) is 11.5 Å². The molecule has 0 atom stereocenters. The number of ether oxygens (including phenoxy) is 1. The van der Waals surface area contributed by atoms with Crippen LogP contribution in [-0.4, -0.2) is 23.4 Å². The van der Waals surface area contributed by atoms with Crippen LogP contribution in [-0.2, 0) is 0 Å². The number of rotatable bonds is 4. The highest BCUT2D eigenvalue weighted by atomic mass is 16.5. The second-order valence-corrected chi connectivity index (χ2v) is 3.50. The Bertz CT molecular complexity index is 541. The molecule has 0 saturated heterocycles. The van der Waals surface area contributed by atoms with Crippen molar-refractivity contribution in [2.24, 2.45) is 5.10 Å². The van der Waals surface area contributed by atoms with Gasteiger partial charge in [-0.05, 0) is 24.3 Å². The third-order valence-electron chi connectivity index (χ3n) is 2.33. The molecule has 18 heavy (non-hydrogen) atoms. The highest BCUT2D eigenvalue weighted by molar-refractivity contribution is 5.85. The molecular weight excluding hydrogens is 230 g/mol. The van der Waals surface area contributed by atoms with E-state index in [0.717, 1.165) is 5.69 Å². The number of phenolic OH excluding ortho intramolecular Hbond substituents is 1. The molecule has 2 rings (SSSR count). The van der Waals surface area contributed by atoms with E-state index < -0.39 is 0 Å². The lowest BCUT2D eigenvalue weighted by molar-refractivity contribution is 0.373. The first-order valence-corrected chi connectivity index (χ1v) is 5.36. The van der Waals surface area contributed by atoms with Gasteiger partial charge in [0.2, 0.25) is 0 Å². The number of hydrazone groups is 1. The number of aromatic hydroxyl groups is 1. The van der Waals surface area contributed by atoms with Crippen molar-refractivity contribution in [1.82, 2.24) is 4.98 Å². The van der Waals surface area contributed by atoms with E-state index in [4.69, 9.17) is 4.74 Å². The number of nitrogens with zero attached hydrogens (tertiary/aromatic N) is 2. The lowest BCUT2D eigenvalue weighted by Crippen LogP contribution is -1.92. The number of methoxy groups -OCH3 is 1. The van der Waals surface area contributed by atoms with Crippen molar-refractivity contribution in [3.63, 3.8) is 0 Å². The highest BCUT2D eigenvalue weighted by Crippen LogP contribution is 2.27. The van der Waals surface area contributed by atoms with Gasteiger partial charge in [0.25, 0.3) is 0 Å². The minimum absolute atomic E-state index is 0.0697. The summed E-state index contributed by atoms with van der Waals surface area (Å²) >= 11 is 0. The molecule has 0 bridgehead atoms. The summed E-state index contributed by atoms with van der Waals surface area (Å²) in [6.45, 7) is 0. The summed E-state index contributed by atoms with van der Waals surface area (Å²) in [7, 11) is 1.51. The van der Waals surface area contributed by atoms with E-state index >= 15 is 0 Å². The van der Waals surface area contributed by atoms with E-state index in [1.807, 2.05) is 0 Å². The quantitative estimate of drug-likeness (QED) is 0.638. The Labute approximate surface area is 105 Å². The van der Waals surface area contributed by atoms with Gasteiger partial charge >= 0.3 is 0 Å². The van der Waals surface area contributed by atoms with Crippen LogP contribution in [0.25, 0.3) is 0 Å². The molecule has 0 fully saturated rings. The first-order valence-electron chi connectivity index (χ1n) is 5.36. The van der Waals surface area contributed by atoms with Crippen LogP contribution in [0.3, 0.4) is 0 Å². The van der Waals surface area contributed by atoms with Gasteiger partial charge in [0.05, 0.1) is 19.0 Å². The Morgan fingerprint density at radius 3 is 2.78 bits per heavy atom. The number of phenols is 1. The molecular formula is C13H13N3O2. The summed E-state index contributed by atoms with van der Waals surface area (Å²) in [6, 6.07) is 8.80. The monoisotopic (exact) mass is 243 g/mol. The zero-order valence-corrected chi connectivity index (χ0v) is 9.87. The summed E-state index contributed by atoms with van der Waals surface area (Å²) in [5, 5.41) is 13.9. The molecule has 1 aromatic heterocycles.